The van der Waals surface area contributed by atoms with E-state index in [9.17, 15) is 9.59 Å². The third-order valence-electron chi connectivity index (χ3n) is 5.25. The van der Waals surface area contributed by atoms with Gasteiger partial charge in [-0.05, 0) is 55.5 Å². The first kappa shape index (κ1) is 21.9. The number of rotatable bonds is 8. The molecule has 0 atom stereocenters. The van der Waals surface area contributed by atoms with Crippen molar-refractivity contribution < 1.29 is 14.3 Å². The smallest absolute Gasteiger partial charge is 0.267 e. The first-order chi connectivity index (χ1) is 15.1. The van der Waals surface area contributed by atoms with E-state index in [0.717, 1.165) is 41.5 Å². The monoisotopic (exact) mass is 459 g/mol. The van der Waals surface area contributed by atoms with Gasteiger partial charge in [-0.2, -0.15) is 0 Å². The Morgan fingerprint density at radius 2 is 2.00 bits per heavy atom. The van der Waals surface area contributed by atoms with Crippen LogP contribution in [0.2, 0.25) is 0 Å². The minimum Gasteiger partial charge on any atom is -0.497 e. The maximum atomic E-state index is 13.7. The number of thiophene rings is 1. The van der Waals surface area contributed by atoms with E-state index in [1.165, 1.54) is 16.6 Å². The summed E-state index contributed by atoms with van der Waals surface area (Å²) in [7, 11) is 3.20. The first-order valence-electron chi connectivity index (χ1n) is 10.2. The van der Waals surface area contributed by atoms with E-state index >= 15 is 0 Å². The summed E-state index contributed by atoms with van der Waals surface area (Å²) in [6.45, 7) is 0.906. The third kappa shape index (κ3) is 4.63. The fourth-order valence-electron chi connectivity index (χ4n) is 3.72. The van der Waals surface area contributed by atoms with Crippen molar-refractivity contribution in [3.05, 3.63) is 45.1 Å². The molecule has 0 unspecified atom stereocenters. The molecule has 1 amide bonds. The molecule has 164 valence electrons. The lowest BCUT2D eigenvalue weighted by Crippen LogP contribution is -2.29. The standard InChI is InChI=1S/C22H25N3O4S2/c1-28-12-11-23-18(26)13-30-22-24-20-19(16-5-3-4-6-17(16)31-20)21(27)25(22)14-7-9-15(29-2)10-8-14/h7-10H,3-6,11-13H2,1-2H3,(H,23,26). The van der Waals surface area contributed by atoms with E-state index in [4.69, 9.17) is 14.5 Å². The van der Waals surface area contributed by atoms with Crippen molar-refractivity contribution in [2.75, 3.05) is 33.1 Å². The number of nitrogens with one attached hydrogen (secondary N) is 1. The normalized spacial score (nSPS) is 13.2. The topological polar surface area (TPSA) is 82.5 Å². The van der Waals surface area contributed by atoms with Gasteiger partial charge in [-0.3, -0.25) is 14.2 Å². The summed E-state index contributed by atoms with van der Waals surface area (Å²) in [6.07, 6.45) is 4.17. The second-order valence-corrected chi connectivity index (χ2v) is 9.28. The molecule has 1 aliphatic rings. The molecule has 1 N–H and O–H groups in total. The van der Waals surface area contributed by atoms with Crippen LogP contribution in [0.3, 0.4) is 0 Å². The molecule has 31 heavy (non-hydrogen) atoms. The number of thioether (sulfide) groups is 1. The number of carbonyl (C=O) groups is 1. The van der Waals surface area contributed by atoms with Crippen molar-refractivity contribution in [2.45, 2.75) is 30.8 Å². The number of fused-ring (bicyclic) bond motifs is 3. The molecule has 1 aromatic carbocycles. The molecule has 0 bridgehead atoms. The van der Waals surface area contributed by atoms with Crippen molar-refractivity contribution >= 4 is 39.2 Å². The molecule has 3 aromatic rings. The molecule has 0 saturated carbocycles. The highest BCUT2D eigenvalue weighted by Crippen LogP contribution is 2.35. The minimum absolute atomic E-state index is 0.0724. The Kier molecular flexibility index (Phi) is 6.94. The van der Waals surface area contributed by atoms with Gasteiger partial charge in [0.2, 0.25) is 5.91 Å². The number of hydrogen-bond donors (Lipinski definition) is 1. The highest BCUT2D eigenvalue weighted by Gasteiger charge is 2.23. The number of aryl methyl sites for hydroxylation is 2. The van der Waals surface area contributed by atoms with E-state index in [1.54, 1.807) is 30.1 Å². The predicted octanol–water partition coefficient (Wildman–Crippen LogP) is 3.19. The van der Waals surface area contributed by atoms with Gasteiger partial charge >= 0.3 is 0 Å². The molecule has 0 radical (unpaired) electrons. The molecule has 7 nitrogen and oxygen atoms in total. The molecule has 9 heteroatoms. The van der Waals surface area contributed by atoms with Crippen LogP contribution >= 0.6 is 23.1 Å². The molecule has 1 aliphatic carbocycles. The highest BCUT2D eigenvalue weighted by molar-refractivity contribution is 7.99. The van der Waals surface area contributed by atoms with Gasteiger partial charge in [-0.15, -0.1) is 11.3 Å². The van der Waals surface area contributed by atoms with Gasteiger partial charge in [0, 0.05) is 18.5 Å². The molecule has 4 rings (SSSR count). The fourth-order valence-corrected chi connectivity index (χ4v) is 5.86. The summed E-state index contributed by atoms with van der Waals surface area (Å²) in [5.41, 5.74) is 1.79. The van der Waals surface area contributed by atoms with E-state index in [2.05, 4.69) is 5.32 Å². The van der Waals surface area contributed by atoms with Crippen molar-refractivity contribution in [3.8, 4) is 11.4 Å². The van der Waals surface area contributed by atoms with Crippen molar-refractivity contribution in [1.29, 1.82) is 0 Å². The zero-order chi connectivity index (χ0) is 21.8. The number of carbonyl (C=O) groups excluding carboxylic acids is 1. The Labute approximate surface area is 188 Å². The summed E-state index contributed by atoms with van der Waals surface area (Å²) in [6, 6.07) is 7.33. The summed E-state index contributed by atoms with van der Waals surface area (Å²) in [4.78, 5) is 32.7. The molecule has 0 saturated heterocycles. The van der Waals surface area contributed by atoms with Gasteiger partial charge in [0.15, 0.2) is 5.16 Å². The molecule has 0 aliphatic heterocycles. The van der Waals surface area contributed by atoms with Crippen molar-refractivity contribution in [3.63, 3.8) is 0 Å². The second kappa shape index (κ2) is 9.84. The average molecular weight is 460 g/mol. The first-order valence-corrected chi connectivity index (χ1v) is 12.0. The van der Waals surface area contributed by atoms with Crippen LogP contribution in [0.1, 0.15) is 23.3 Å². The highest BCUT2D eigenvalue weighted by atomic mass is 32.2. The molecule has 2 heterocycles. The van der Waals surface area contributed by atoms with Gasteiger partial charge in [-0.25, -0.2) is 4.98 Å². The van der Waals surface area contributed by atoms with Gasteiger partial charge < -0.3 is 14.8 Å². The Bertz CT molecular complexity index is 1140. The number of benzene rings is 1. The maximum absolute atomic E-state index is 13.7. The quantitative estimate of drug-likeness (QED) is 0.317. The number of methoxy groups -OCH3 is 2. The molecular weight excluding hydrogens is 434 g/mol. The van der Waals surface area contributed by atoms with E-state index in [0.29, 0.717) is 29.7 Å². The van der Waals surface area contributed by atoms with Crippen LogP contribution in [0.15, 0.2) is 34.2 Å². The number of aromatic nitrogens is 2. The molecule has 2 aromatic heterocycles. The summed E-state index contributed by atoms with van der Waals surface area (Å²) >= 11 is 2.88. The lowest BCUT2D eigenvalue weighted by Gasteiger charge is -2.14. The van der Waals surface area contributed by atoms with Crippen molar-refractivity contribution in [2.24, 2.45) is 0 Å². The second-order valence-electron chi connectivity index (χ2n) is 7.26. The molecule has 0 spiro atoms. The summed E-state index contributed by atoms with van der Waals surface area (Å²) in [5.74, 6) is 0.761. The van der Waals surface area contributed by atoms with Gasteiger partial charge in [0.1, 0.15) is 10.6 Å². The van der Waals surface area contributed by atoms with Crippen LogP contribution in [-0.2, 0) is 22.4 Å². The van der Waals surface area contributed by atoms with Crippen LogP contribution in [0.4, 0.5) is 0 Å². The maximum Gasteiger partial charge on any atom is 0.267 e. The zero-order valence-corrected chi connectivity index (χ0v) is 19.2. The fraction of sp³-hybridized carbons (Fsp3) is 0.409. The average Bonchev–Trinajstić information content (AvgIpc) is 3.17. The van der Waals surface area contributed by atoms with Crippen LogP contribution in [0.5, 0.6) is 5.75 Å². The van der Waals surface area contributed by atoms with Crippen LogP contribution in [0, 0.1) is 0 Å². The van der Waals surface area contributed by atoms with Crippen LogP contribution < -0.4 is 15.6 Å². The zero-order valence-electron chi connectivity index (χ0n) is 17.6. The number of amides is 1. The van der Waals surface area contributed by atoms with Gasteiger partial charge in [0.05, 0.1) is 30.5 Å². The SMILES string of the molecule is COCCNC(=O)CSc1nc2sc3c(c2c(=O)n1-c1ccc(OC)cc1)CCCC3. The Morgan fingerprint density at radius 1 is 1.23 bits per heavy atom. The molecule has 0 fully saturated rings. The number of nitrogens with zero attached hydrogens (tertiary/aromatic N) is 2. The number of ether oxygens (including phenoxy) is 2. The number of hydrogen-bond acceptors (Lipinski definition) is 7. The van der Waals surface area contributed by atoms with Gasteiger partial charge in [-0.1, -0.05) is 11.8 Å². The third-order valence-corrected chi connectivity index (χ3v) is 7.37. The minimum atomic E-state index is -0.122. The predicted molar refractivity (Wildman–Crippen MR) is 124 cm³/mol. The summed E-state index contributed by atoms with van der Waals surface area (Å²) in [5, 5.41) is 4.05. The lowest BCUT2D eigenvalue weighted by molar-refractivity contribution is -0.118. The Balaban J connectivity index is 1.75. The Hall–Kier alpha value is -2.36. The lowest BCUT2D eigenvalue weighted by atomic mass is 9.97. The van der Waals surface area contributed by atoms with Crippen LogP contribution in [0.25, 0.3) is 15.9 Å². The molecular formula is C22H25N3O4S2. The largest absolute Gasteiger partial charge is 0.497 e. The van der Waals surface area contributed by atoms with E-state index in [-0.39, 0.29) is 17.2 Å². The van der Waals surface area contributed by atoms with E-state index in [1.807, 2.05) is 24.3 Å². The van der Waals surface area contributed by atoms with Gasteiger partial charge in [0.25, 0.3) is 5.56 Å². The van der Waals surface area contributed by atoms with Crippen molar-refractivity contribution in [1.82, 2.24) is 14.9 Å². The van der Waals surface area contributed by atoms with E-state index < -0.39 is 0 Å². The Morgan fingerprint density at radius 3 is 2.74 bits per heavy atom. The summed E-state index contributed by atoms with van der Waals surface area (Å²) < 4.78 is 11.8. The van der Waals surface area contributed by atoms with Crippen LogP contribution in [-0.4, -0.2) is 48.6 Å².